The van der Waals surface area contributed by atoms with Crippen LogP contribution in [0.4, 0.5) is 0 Å². The van der Waals surface area contributed by atoms with Gasteiger partial charge in [-0.05, 0) is 36.9 Å². The fourth-order valence-corrected chi connectivity index (χ4v) is 2.36. The number of hydrogen-bond donors (Lipinski definition) is 1. The molecule has 1 aromatic carbocycles. The smallest absolute Gasteiger partial charge is 0.251 e. The molecule has 0 saturated heterocycles. The molecule has 0 unspecified atom stereocenters. The number of amides is 1. The number of ether oxygens (including phenoxy) is 1. The first-order valence-corrected chi connectivity index (χ1v) is 7.78. The van der Waals surface area contributed by atoms with Gasteiger partial charge in [0.25, 0.3) is 5.91 Å². The second-order valence-corrected chi connectivity index (χ2v) is 5.43. The Labute approximate surface area is 128 Å². The van der Waals surface area contributed by atoms with E-state index in [1.807, 2.05) is 37.4 Å². The molecular weight excluding hydrogens is 284 g/mol. The molecular formula is C16H18N2O2S. The van der Waals surface area contributed by atoms with Crippen molar-refractivity contribution < 1.29 is 9.53 Å². The first kappa shape index (κ1) is 15.4. The number of nitrogens with one attached hydrogen (secondary N) is 1. The van der Waals surface area contributed by atoms with Crippen molar-refractivity contribution in [2.45, 2.75) is 18.4 Å². The van der Waals surface area contributed by atoms with E-state index in [-0.39, 0.29) is 5.91 Å². The molecule has 1 N–H and O–H groups in total. The Morgan fingerprint density at radius 2 is 2.14 bits per heavy atom. The van der Waals surface area contributed by atoms with E-state index >= 15 is 0 Å². The zero-order chi connectivity index (χ0) is 15.2. The van der Waals surface area contributed by atoms with Gasteiger partial charge in [-0.2, -0.15) is 0 Å². The van der Waals surface area contributed by atoms with Gasteiger partial charge in [-0.3, -0.25) is 9.78 Å². The van der Waals surface area contributed by atoms with Crippen LogP contribution in [0.15, 0.2) is 41.4 Å². The lowest BCUT2D eigenvalue weighted by atomic mass is 10.1. The number of aryl methyl sites for hydroxylation is 1. The fourth-order valence-electron chi connectivity index (χ4n) is 1.92. The molecule has 0 radical (unpaired) electrons. The van der Waals surface area contributed by atoms with Crippen molar-refractivity contribution >= 4 is 17.7 Å². The molecule has 2 aromatic rings. The fraction of sp³-hybridized carbons (Fsp3) is 0.250. The number of aromatic nitrogens is 1. The maximum absolute atomic E-state index is 12.3. The Hall–Kier alpha value is -2.01. The minimum absolute atomic E-state index is 0.0898. The van der Waals surface area contributed by atoms with Crippen molar-refractivity contribution in [2.24, 2.45) is 0 Å². The van der Waals surface area contributed by atoms with Crippen LogP contribution < -0.4 is 10.1 Å². The molecule has 1 heterocycles. The number of methoxy groups -OCH3 is 1. The number of thioether (sulfide) groups is 1. The van der Waals surface area contributed by atoms with Crippen LogP contribution in [0.25, 0.3) is 0 Å². The Bertz CT molecular complexity index is 644. The Balaban J connectivity index is 2.07. The third kappa shape index (κ3) is 3.98. The third-order valence-electron chi connectivity index (χ3n) is 3.14. The molecule has 110 valence electrons. The molecule has 0 spiro atoms. The zero-order valence-corrected chi connectivity index (χ0v) is 13.2. The molecule has 4 nitrogen and oxygen atoms in total. The maximum atomic E-state index is 12.3. The summed E-state index contributed by atoms with van der Waals surface area (Å²) in [4.78, 5) is 17.6. The molecule has 0 aliphatic rings. The van der Waals surface area contributed by atoms with E-state index < -0.39 is 0 Å². The van der Waals surface area contributed by atoms with Gasteiger partial charge in [-0.25, -0.2) is 0 Å². The number of nitrogens with zero attached hydrogens (tertiary/aromatic N) is 1. The quantitative estimate of drug-likeness (QED) is 0.863. The summed E-state index contributed by atoms with van der Waals surface area (Å²) in [5, 5.41) is 2.89. The lowest BCUT2D eigenvalue weighted by molar-refractivity contribution is 0.0949. The minimum Gasteiger partial charge on any atom is -0.497 e. The van der Waals surface area contributed by atoms with Crippen molar-refractivity contribution in [3.05, 3.63) is 53.3 Å². The van der Waals surface area contributed by atoms with Crippen LogP contribution in [-0.2, 0) is 6.54 Å². The monoisotopic (exact) mass is 302 g/mol. The highest BCUT2D eigenvalue weighted by atomic mass is 32.2. The number of benzene rings is 1. The molecule has 5 heteroatoms. The highest BCUT2D eigenvalue weighted by Crippen LogP contribution is 2.19. The molecule has 0 aliphatic carbocycles. The summed E-state index contributed by atoms with van der Waals surface area (Å²) in [6.45, 7) is 2.31. The van der Waals surface area contributed by atoms with Crippen LogP contribution in [0.5, 0.6) is 5.75 Å². The van der Waals surface area contributed by atoms with Crippen LogP contribution in [0.1, 0.15) is 21.6 Å². The maximum Gasteiger partial charge on any atom is 0.251 e. The van der Waals surface area contributed by atoms with Crippen molar-refractivity contribution in [3.63, 3.8) is 0 Å². The van der Waals surface area contributed by atoms with Crippen LogP contribution in [0, 0.1) is 6.92 Å². The van der Waals surface area contributed by atoms with Gasteiger partial charge >= 0.3 is 0 Å². The van der Waals surface area contributed by atoms with Gasteiger partial charge in [0.15, 0.2) is 0 Å². The molecule has 0 atom stereocenters. The number of rotatable bonds is 5. The lowest BCUT2D eigenvalue weighted by Gasteiger charge is -2.09. The van der Waals surface area contributed by atoms with Gasteiger partial charge < -0.3 is 10.1 Å². The van der Waals surface area contributed by atoms with Crippen molar-refractivity contribution in [2.75, 3.05) is 13.4 Å². The van der Waals surface area contributed by atoms with E-state index in [0.717, 1.165) is 21.9 Å². The Morgan fingerprint density at radius 1 is 1.33 bits per heavy atom. The third-order valence-corrected chi connectivity index (χ3v) is 3.87. The predicted molar refractivity (Wildman–Crippen MR) is 84.9 cm³/mol. The number of hydrogen-bond acceptors (Lipinski definition) is 4. The number of carbonyl (C=O) groups excluding carboxylic acids is 1. The molecule has 1 aromatic heterocycles. The van der Waals surface area contributed by atoms with E-state index in [4.69, 9.17) is 4.74 Å². The van der Waals surface area contributed by atoms with Crippen molar-refractivity contribution in [3.8, 4) is 5.75 Å². The second-order valence-electron chi connectivity index (χ2n) is 4.55. The van der Waals surface area contributed by atoms with Crippen LogP contribution in [-0.4, -0.2) is 24.3 Å². The van der Waals surface area contributed by atoms with Crippen LogP contribution >= 0.6 is 11.8 Å². The first-order chi connectivity index (χ1) is 10.1. The minimum atomic E-state index is -0.0898. The van der Waals surface area contributed by atoms with E-state index in [1.165, 1.54) is 0 Å². The zero-order valence-electron chi connectivity index (χ0n) is 12.3. The molecule has 0 fully saturated rings. The highest BCUT2D eigenvalue weighted by Gasteiger charge is 2.10. The molecule has 0 bridgehead atoms. The summed E-state index contributed by atoms with van der Waals surface area (Å²) < 4.78 is 5.14. The second kappa shape index (κ2) is 7.13. The van der Waals surface area contributed by atoms with E-state index in [1.54, 1.807) is 31.1 Å². The van der Waals surface area contributed by atoms with Crippen molar-refractivity contribution in [1.29, 1.82) is 0 Å². The molecule has 0 saturated carbocycles. The van der Waals surface area contributed by atoms with E-state index in [2.05, 4.69) is 10.3 Å². The van der Waals surface area contributed by atoms with Gasteiger partial charge in [0, 0.05) is 22.7 Å². The summed E-state index contributed by atoms with van der Waals surface area (Å²) >= 11 is 1.62. The summed E-state index contributed by atoms with van der Waals surface area (Å²) in [7, 11) is 1.61. The summed E-state index contributed by atoms with van der Waals surface area (Å²) in [5.74, 6) is 0.642. The molecule has 2 rings (SSSR count). The highest BCUT2D eigenvalue weighted by molar-refractivity contribution is 7.98. The average molecular weight is 302 g/mol. The SMILES string of the molecule is COc1ccnc(CNC(=O)c2cc(SC)ccc2C)c1. The Morgan fingerprint density at radius 3 is 2.86 bits per heavy atom. The summed E-state index contributed by atoms with van der Waals surface area (Å²) in [6, 6.07) is 9.47. The number of carbonyl (C=O) groups is 1. The summed E-state index contributed by atoms with van der Waals surface area (Å²) in [5.41, 5.74) is 2.43. The van der Waals surface area contributed by atoms with Gasteiger partial charge in [0.05, 0.1) is 19.3 Å². The number of pyridine rings is 1. The van der Waals surface area contributed by atoms with Crippen molar-refractivity contribution in [1.82, 2.24) is 10.3 Å². The average Bonchev–Trinajstić information content (AvgIpc) is 2.53. The van der Waals surface area contributed by atoms with Crippen LogP contribution in [0.3, 0.4) is 0 Å². The standard InChI is InChI=1S/C16H18N2O2S/c1-11-4-5-14(21-3)9-15(11)16(19)18-10-12-8-13(20-2)6-7-17-12/h4-9H,10H2,1-3H3,(H,18,19). The van der Waals surface area contributed by atoms with Gasteiger partial charge in [-0.1, -0.05) is 6.07 Å². The molecule has 0 aliphatic heterocycles. The van der Waals surface area contributed by atoms with Gasteiger partial charge in [0.1, 0.15) is 5.75 Å². The molecule has 21 heavy (non-hydrogen) atoms. The largest absolute Gasteiger partial charge is 0.497 e. The van der Waals surface area contributed by atoms with Gasteiger partial charge in [-0.15, -0.1) is 11.8 Å². The summed E-state index contributed by atoms with van der Waals surface area (Å²) in [6.07, 6.45) is 3.66. The van der Waals surface area contributed by atoms with E-state index in [9.17, 15) is 4.79 Å². The lowest BCUT2D eigenvalue weighted by Crippen LogP contribution is -2.24. The molecule has 1 amide bonds. The Kier molecular flexibility index (Phi) is 5.22. The first-order valence-electron chi connectivity index (χ1n) is 6.56. The van der Waals surface area contributed by atoms with E-state index in [0.29, 0.717) is 12.1 Å². The predicted octanol–water partition coefficient (Wildman–Crippen LogP) is 3.05. The topological polar surface area (TPSA) is 51.2 Å². The van der Waals surface area contributed by atoms with Crippen LogP contribution in [0.2, 0.25) is 0 Å². The van der Waals surface area contributed by atoms with Gasteiger partial charge in [0.2, 0.25) is 0 Å². The normalized spacial score (nSPS) is 10.2.